The third-order valence-corrected chi connectivity index (χ3v) is 6.13. The molecule has 4 nitrogen and oxygen atoms in total. The minimum absolute atomic E-state index is 0.0561. The summed E-state index contributed by atoms with van der Waals surface area (Å²) in [6.07, 6.45) is 1.81. The van der Waals surface area contributed by atoms with E-state index >= 15 is 0 Å². The first kappa shape index (κ1) is 17.9. The summed E-state index contributed by atoms with van der Waals surface area (Å²) in [5.74, 6) is -0.273. The van der Waals surface area contributed by atoms with Crippen molar-refractivity contribution in [1.82, 2.24) is 4.98 Å². The van der Waals surface area contributed by atoms with E-state index in [0.29, 0.717) is 6.54 Å². The maximum atomic E-state index is 13.4. The molecule has 3 aromatic rings. The van der Waals surface area contributed by atoms with E-state index in [1.165, 1.54) is 23.5 Å². The van der Waals surface area contributed by atoms with Crippen LogP contribution >= 0.6 is 11.3 Å². The van der Waals surface area contributed by atoms with Crippen molar-refractivity contribution < 1.29 is 9.18 Å². The maximum Gasteiger partial charge on any atom is 0.229 e. The number of piperidine rings is 1. The molecule has 1 atom stereocenters. The predicted molar refractivity (Wildman–Crippen MR) is 109 cm³/mol. The fourth-order valence-electron chi connectivity index (χ4n) is 3.49. The molecule has 0 bridgehead atoms. The van der Waals surface area contributed by atoms with E-state index in [1.54, 1.807) is 6.07 Å². The fourth-order valence-corrected chi connectivity index (χ4v) is 4.52. The van der Waals surface area contributed by atoms with Gasteiger partial charge in [-0.1, -0.05) is 23.5 Å². The van der Waals surface area contributed by atoms with Crippen LogP contribution in [0.1, 0.15) is 24.0 Å². The zero-order chi connectivity index (χ0) is 19.0. The van der Waals surface area contributed by atoms with Gasteiger partial charge in [-0.2, -0.15) is 0 Å². The number of fused-ring (bicyclic) bond motifs is 1. The van der Waals surface area contributed by atoms with Gasteiger partial charge >= 0.3 is 0 Å². The molecule has 4 rings (SSSR count). The highest BCUT2D eigenvalue weighted by atomic mass is 32.1. The minimum Gasteiger partial charge on any atom is -0.347 e. The SMILES string of the molecule is Cc1ccc(C)c(NC(=O)C2CCCN(c3nc4ccc(F)cc4s3)C2)c1. The molecule has 140 valence electrons. The molecule has 1 saturated heterocycles. The number of benzene rings is 2. The normalized spacial score (nSPS) is 17.3. The highest BCUT2D eigenvalue weighted by molar-refractivity contribution is 7.22. The summed E-state index contributed by atoms with van der Waals surface area (Å²) in [5, 5.41) is 3.96. The summed E-state index contributed by atoms with van der Waals surface area (Å²) < 4.78 is 14.3. The van der Waals surface area contributed by atoms with Crippen molar-refractivity contribution in [2.24, 2.45) is 5.92 Å². The average molecular weight is 383 g/mol. The Labute approximate surface area is 162 Å². The number of halogens is 1. The van der Waals surface area contributed by atoms with E-state index in [9.17, 15) is 9.18 Å². The molecule has 1 aromatic heterocycles. The van der Waals surface area contributed by atoms with E-state index in [4.69, 9.17) is 0 Å². The molecular formula is C21H22FN3OS. The summed E-state index contributed by atoms with van der Waals surface area (Å²) >= 11 is 1.48. The van der Waals surface area contributed by atoms with Gasteiger partial charge in [0.15, 0.2) is 5.13 Å². The van der Waals surface area contributed by atoms with Crippen LogP contribution in [0.15, 0.2) is 36.4 Å². The lowest BCUT2D eigenvalue weighted by molar-refractivity contribution is -0.120. The van der Waals surface area contributed by atoms with Crippen LogP contribution in [0.5, 0.6) is 0 Å². The zero-order valence-corrected chi connectivity index (χ0v) is 16.3. The van der Waals surface area contributed by atoms with Crippen LogP contribution in [0.4, 0.5) is 15.2 Å². The Morgan fingerprint density at radius 1 is 1.26 bits per heavy atom. The maximum absolute atomic E-state index is 13.4. The van der Waals surface area contributed by atoms with Crippen LogP contribution in [0.25, 0.3) is 10.2 Å². The largest absolute Gasteiger partial charge is 0.347 e. The summed E-state index contributed by atoms with van der Waals surface area (Å²) in [6.45, 7) is 5.53. The molecule has 0 radical (unpaired) electrons. The second-order valence-corrected chi connectivity index (χ2v) is 8.21. The molecule has 0 saturated carbocycles. The van der Waals surface area contributed by atoms with Crippen molar-refractivity contribution >= 4 is 38.3 Å². The van der Waals surface area contributed by atoms with E-state index in [-0.39, 0.29) is 17.6 Å². The summed E-state index contributed by atoms with van der Waals surface area (Å²) in [6, 6.07) is 10.7. The minimum atomic E-state index is -0.248. The standard InChI is InChI=1S/C21H22FN3OS/c1-13-5-6-14(2)18(10-13)23-20(26)15-4-3-9-25(12-15)21-24-17-8-7-16(22)11-19(17)27-21/h5-8,10-11,15H,3-4,9,12H2,1-2H3,(H,23,26). The van der Waals surface area contributed by atoms with Gasteiger partial charge < -0.3 is 10.2 Å². The van der Waals surface area contributed by atoms with Gasteiger partial charge in [-0.3, -0.25) is 4.79 Å². The Morgan fingerprint density at radius 2 is 2.11 bits per heavy atom. The highest BCUT2D eigenvalue weighted by Crippen LogP contribution is 2.32. The Hall–Kier alpha value is -2.47. The topological polar surface area (TPSA) is 45.2 Å². The number of nitrogens with zero attached hydrogens (tertiary/aromatic N) is 2. The predicted octanol–water partition coefficient (Wildman–Crippen LogP) is 4.91. The van der Waals surface area contributed by atoms with Crippen molar-refractivity contribution in [2.75, 3.05) is 23.3 Å². The Kier molecular flexibility index (Phi) is 4.83. The first-order chi connectivity index (χ1) is 13.0. The number of amides is 1. The molecule has 2 aromatic carbocycles. The first-order valence-corrected chi connectivity index (χ1v) is 10.0. The zero-order valence-electron chi connectivity index (χ0n) is 15.5. The Morgan fingerprint density at radius 3 is 2.96 bits per heavy atom. The van der Waals surface area contributed by atoms with Crippen molar-refractivity contribution in [1.29, 1.82) is 0 Å². The van der Waals surface area contributed by atoms with Crippen LogP contribution < -0.4 is 10.2 Å². The van der Waals surface area contributed by atoms with Gasteiger partial charge in [0.2, 0.25) is 5.91 Å². The molecule has 1 unspecified atom stereocenters. The van der Waals surface area contributed by atoms with Gasteiger partial charge in [0.25, 0.3) is 0 Å². The second kappa shape index (κ2) is 7.27. The van der Waals surface area contributed by atoms with Crippen molar-refractivity contribution in [3.8, 4) is 0 Å². The average Bonchev–Trinajstić information content (AvgIpc) is 3.08. The molecule has 1 fully saturated rings. The number of carbonyl (C=O) groups is 1. The van der Waals surface area contributed by atoms with E-state index in [0.717, 1.165) is 51.5 Å². The lowest BCUT2D eigenvalue weighted by Gasteiger charge is -2.31. The molecule has 1 aliphatic rings. The van der Waals surface area contributed by atoms with Crippen LogP contribution in [0.2, 0.25) is 0 Å². The summed E-state index contributed by atoms with van der Waals surface area (Å²) in [7, 11) is 0. The molecule has 6 heteroatoms. The van der Waals surface area contributed by atoms with Crippen molar-refractivity contribution in [3.63, 3.8) is 0 Å². The van der Waals surface area contributed by atoms with Gasteiger partial charge in [0, 0.05) is 18.8 Å². The molecule has 1 aliphatic heterocycles. The fraction of sp³-hybridized carbons (Fsp3) is 0.333. The number of anilines is 2. The number of aryl methyl sites for hydroxylation is 2. The Balaban J connectivity index is 1.49. The molecule has 2 heterocycles. The lowest BCUT2D eigenvalue weighted by atomic mass is 9.97. The van der Waals surface area contributed by atoms with E-state index in [2.05, 4.69) is 15.2 Å². The third kappa shape index (κ3) is 3.81. The molecular weight excluding hydrogens is 361 g/mol. The number of hydrogen-bond acceptors (Lipinski definition) is 4. The van der Waals surface area contributed by atoms with Crippen LogP contribution in [-0.2, 0) is 4.79 Å². The molecule has 1 N–H and O–H groups in total. The Bertz CT molecular complexity index is 1000. The van der Waals surface area contributed by atoms with Crippen molar-refractivity contribution in [2.45, 2.75) is 26.7 Å². The summed E-state index contributed by atoms with van der Waals surface area (Å²) in [5.41, 5.74) is 3.88. The number of hydrogen-bond donors (Lipinski definition) is 1. The summed E-state index contributed by atoms with van der Waals surface area (Å²) in [4.78, 5) is 19.6. The van der Waals surface area contributed by atoms with Gasteiger partial charge in [0.1, 0.15) is 5.82 Å². The number of rotatable bonds is 3. The molecule has 27 heavy (non-hydrogen) atoms. The van der Waals surface area contributed by atoms with Gasteiger partial charge in [-0.25, -0.2) is 9.37 Å². The lowest BCUT2D eigenvalue weighted by Crippen LogP contribution is -2.40. The highest BCUT2D eigenvalue weighted by Gasteiger charge is 2.27. The number of nitrogens with one attached hydrogen (secondary N) is 1. The molecule has 0 aliphatic carbocycles. The molecule has 0 spiro atoms. The van der Waals surface area contributed by atoms with Gasteiger partial charge in [-0.05, 0) is 62.1 Å². The van der Waals surface area contributed by atoms with Crippen LogP contribution in [-0.4, -0.2) is 24.0 Å². The van der Waals surface area contributed by atoms with E-state index in [1.807, 2.05) is 32.0 Å². The van der Waals surface area contributed by atoms with Gasteiger partial charge in [-0.15, -0.1) is 0 Å². The van der Waals surface area contributed by atoms with E-state index < -0.39 is 0 Å². The van der Waals surface area contributed by atoms with Crippen LogP contribution in [0.3, 0.4) is 0 Å². The first-order valence-electron chi connectivity index (χ1n) is 9.19. The molecule has 1 amide bonds. The van der Waals surface area contributed by atoms with Crippen LogP contribution in [0, 0.1) is 25.6 Å². The number of carbonyl (C=O) groups excluding carboxylic acids is 1. The monoisotopic (exact) mass is 383 g/mol. The van der Waals surface area contributed by atoms with Gasteiger partial charge in [0.05, 0.1) is 16.1 Å². The number of aromatic nitrogens is 1. The second-order valence-electron chi connectivity index (χ2n) is 7.20. The third-order valence-electron chi connectivity index (χ3n) is 5.05. The van der Waals surface area contributed by atoms with Crippen molar-refractivity contribution in [3.05, 3.63) is 53.3 Å². The number of thiazole rings is 1. The smallest absolute Gasteiger partial charge is 0.229 e. The quantitative estimate of drug-likeness (QED) is 0.699.